The molecule has 1 atom stereocenters. The number of carbonyl (C=O) groups is 1. The van der Waals surface area contributed by atoms with Crippen LogP contribution in [0.3, 0.4) is 0 Å². The van der Waals surface area contributed by atoms with Crippen molar-refractivity contribution in [2.45, 2.75) is 18.9 Å². The zero-order chi connectivity index (χ0) is 9.26. The zero-order valence-corrected chi connectivity index (χ0v) is 7.91. The maximum absolute atomic E-state index is 11.3. The number of nitrogens with two attached hydrogens (primary N) is 1. The Morgan fingerprint density at radius 2 is 2.23 bits per heavy atom. The predicted octanol–water partition coefficient (Wildman–Crippen LogP) is -0.748. The molecule has 0 aromatic carbocycles. The molecule has 2 N–H and O–H groups in total. The highest BCUT2D eigenvalue weighted by atomic mass is 16.2. The first kappa shape index (κ1) is 8.97. The van der Waals surface area contributed by atoms with Gasteiger partial charge in [0.15, 0.2) is 0 Å². The molecule has 1 amide bonds. The number of rotatable bonds is 1. The fourth-order valence-electron chi connectivity index (χ4n) is 2.35. The summed E-state index contributed by atoms with van der Waals surface area (Å²) in [4.78, 5) is 15.7. The molecule has 2 heterocycles. The minimum absolute atomic E-state index is 0.103. The van der Waals surface area contributed by atoms with Crippen LogP contribution >= 0.6 is 0 Å². The molecule has 74 valence electrons. The Morgan fingerprint density at radius 1 is 1.38 bits per heavy atom. The number of hydrogen-bond donors (Lipinski definition) is 1. The molecule has 0 aromatic heterocycles. The smallest absolute Gasteiger partial charge is 0.236 e. The highest BCUT2D eigenvalue weighted by Gasteiger charge is 2.31. The largest absolute Gasteiger partial charge is 0.339 e. The Morgan fingerprint density at radius 3 is 3.00 bits per heavy atom. The van der Waals surface area contributed by atoms with Crippen LogP contribution in [0.15, 0.2) is 0 Å². The second-order valence-corrected chi connectivity index (χ2v) is 3.88. The van der Waals surface area contributed by atoms with E-state index in [0.717, 1.165) is 19.6 Å². The Balaban J connectivity index is 1.93. The number of carbonyl (C=O) groups excluding carboxylic acids is 1. The molecule has 2 saturated heterocycles. The molecule has 13 heavy (non-hydrogen) atoms. The maximum atomic E-state index is 11.3. The lowest BCUT2D eigenvalue weighted by molar-refractivity contribution is -0.132. The van der Waals surface area contributed by atoms with Gasteiger partial charge in [-0.3, -0.25) is 9.69 Å². The van der Waals surface area contributed by atoms with Gasteiger partial charge in [0.1, 0.15) is 0 Å². The van der Waals surface area contributed by atoms with E-state index >= 15 is 0 Å². The van der Waals surface area contributed by atoms with Crippen LogP contribution in [0.4, 0.5) is 0 Å². The third-order valence-electron chi connectivity index (χ3n) is 3.11. The van der Waals surface area contributed by atoms with Crippen LogP contribution in [0.5, 0.6) is 0 Å². The van der Waals surface area contributed by atoms with Crippen LogP contribution in [0.1, 0.15) is 12.8 Å². The van der Waals surface area contributed by atoms with E-state index in [4.69, 9.17) is 5.73 Å². The molecule has 2 rings (SSSR count). The van der Waals surface area contributed by atoms with Gasteiger partial charge in [0.05, 0.1) is 6.54 Å². The van der Waals surface area contributed by atoms with Crippen LogP contribution in [-0.2, 0) is 4.79 Å². The molecule has 2 fully saturated rings. The third kappa shape index (κ3) is 1.69. The van der Waals surface area contributed by atoms with Crippen molar-refractivity contribution >= 4 is 5.91 Å². The number of amides is 1. The van der Waals surface area contributed by atoms with Gasteiger partial charge < -0.3 is 10.6 Å². The van der Waals surface area contributed by atoms with Crippen molar-refractivity contribution in [1.29, 1.82) is 0 Å². The van der Waals surface area contributed by atoms with Gasteiger partial charge >= 0.3 is 0 Å². The minimum Gasteiger partial charge on any atom is -0.339 e. The molecular formula is C9H17N3O. The quantitative estimate of drug-likeness (QED) is 0.582. The molecular weight excluding hydrogens is 166 g/mol. The first-order chi connectivity index (χ1) is 6.31. The minimum atomic E-state index is 0.103. The van der Waals surface area contributed by atoms with Crippen molar-refractivity contribution in [2.75, 3.05) is 32.7 Å². The number of piperazine rings is 1. The highest BCUT2D eigenvalue weighted by molar-refractivity contribution is 5.78. The van der Waals surface area contributed by atoms with E-state index < -0.39 is 0 Å². The summed E-state index contributed by atoms with van der Waals surface area (Å²) in [5.41, 5.74) is 5.34. The lowest BCUT2D eigenvalue weighted by atomic mass is 10.1. The van der Waals surface area contributed by atoms with Crippen LogP contribution in [0, 0.1) is 0 Å². The molecule has 0 saturated carbocycles. The summed E-state index contributed by atoms with van der Waals surface area (Å²) in [5.74, 6) is 0.103. The van der Waals surface area contributed by atoms with Crippen LogP contribution in [0.2, 0.25) is 0 Å². The van der Waals surface area contributed by atoms with E-state index in [-0.39, 0.29) is 12.5 Å². The average molecular weight is 183 g/mol. The summed E-state index contributed by atoms with van der Waals surface area (Å²) < 4.78 is 0. The molecule has 2 aliphatic heterocycles. The normalized spacial score (nSPS) is 29.0. The standard InChI is InChI=1S/C9H17N3O/c10-6-9(13)12-5-4-11-3-1-2-8(11)7-12/h8H,1-7,10H2. The van der Waals surface area contributed by atoms with Crippen molar-refractivity contribution < 1.29 is 4.79 Å². The summed E-state index contributed by atoms with van der Waals surface area (Å²) in [6, 6.07) is 0.615. The van der Waals surface area contributed by atoms with E-state index in [2.05, 4.69) is 4.90 Å². The topological polar surface area (TPSA) is 49.6 Å². The molecule has 4 heteroatoms. The second kappa shape index (κ2) is 3.64. The van der Waals surface area contributed by atoms with E-state index in [1.54, 1.807) is 0 Å². The van der Waals surface area contributed by atoms with Crippen molar-refractivity contribution in [2.24, 2.45) is 5.73 Å². The highest BCUT2D eigenvalue weighted by Crippen LogP contribution is 2.21. The summed E-state index contributed by atoms with van der Waals surface area (Å²) in [5, 5.41) is 0. The number of hydrogen-bond acceptors (Lipinski definition) is 3. The van der Waals surface area contributed by atoms with Gasteiger partial charge in [0.2, 0.25) is 5.91 Å². The fraction of sp³-hybridized carbons (Fsp3) is 0.889. The van der Waals surface area contributed by atoms with Crippen molar-refractivity contribution in [3.63, 3.8) is 0 Å². The Labute approximate surface area is 78.7 Å². The third-order valence-corrected chi connectivity index (χ3v) is 3.11. The van der Waals surface area contributed by atoms with Gasteiger partial charge in [-0.15, -0.1) is 0 Å². The van der Waals surface area contributed by atoms with Gasteiger partial charge in [0.25, 0.3) is 0 Å². The van der Waals surface area contributed by atoms with Crippen LogP contribution < -0.4 is 5.73 Å². The summed E-state index contributed by atoms with van der Waals surface area (Å²) in [7, 11) is 0. The molecule has 0 aliphatic carbocycles. The van der Waals surface area contributed by atoms with E-state index in [1.807, 2.05) is 4.90 Å². The zero-order valence-electron chi connectivity index (χ0n) is 7.91. The Hall–Kier alpha value is -0.610. The molecule has 0 aromatic rings. The fourth-order valence-corrected chi connectivity index (χ4v) is 2.35. The van der Waals surface area contributed by atoms with E-state index in [0.29, 0.717) is 6.04 Å². The molecule has 0 spiro atoms. The first-order valence-corrected chi connectivity index (χ1v) is 5.03. The van der Waals surface area contributed by atoms with Crippen LogP contribution in [-0.4, -0.2) is 54.5 Å². The SMILES string of the molecule is NCC(=O)N1CCN2CCCC2C1. The maximum Gasteiger partial charge on any atom is 0.236 e. The van der Waals surface area contributed by atoms with Crippen LogP contribution in [0.25, 0.3) is 0 Å². The first-order valence-electron chi connectivity index (χ1n) is 5.03. The predicted molar refractivity (Wildman–Crippen MR) is 50.2 cm³/mol. The van der Waals surface area contributed by atoms with Crippen molar-refractivity contribution in [3.05, 3.63) is 0 Å². The number of nitrogens with zero attached hydrogens (tertiary/aromatic N) is 2. The second-order valence-electron chi connectivity index (χ2n) is 3.88. The lowest BCUT2D eigenvalue weighted by Gasteiger charge is -2.37. The van der Waals surface area contributed by atoms with Gasteiger partial charge in [0, 0.05) is 25.7 Å². The van der Waals surface area contributed by atoms with Crippen molar-refractivity contribution in [1.82, 2.24) is 9.80 Å². The molecule has 0 bridgehead atoms. The van der Waals surface area contributed by atoms with Gasteiger partial charge in [-0.1, -0.05) is 0 Å². The average Bonchev–Trinajstić information content (AvgIpc) is 2.63. The van der Waals surface area contributed by atoms with Gasteiger partial charge in [-0.25, -0.2) is 0 Å². The van der Waals surface area contributed by atoms with E-state index in [1.165, 1.54) is 19.4 Å². The van der Waals surface area contributed by atoms with Gasteiger partial charge in [-0.05, 0) is 19.4 Å². The monoisotopic (exact) mass is 183 g/mol. The summed E-state index contributed by atoms with van der Waals surface area (Å²) in [6.07, 6.45) is 2.53. The Kier molecular flexibility index (Phi) is 2.51. The lowest BCUT2D eigenvalue weighted by Crippen LogP contribution is -2.53. The van der Waals surface area contributed by atoms with Gasteiger partial charge in [-0.2, -0.15) is 0 Å². The summed E-state index contributed by atoms with van der Waals surface area (Å²) >= 11 is 0. The van der Waals surface area contributed by atoms with Crippen molar-refractivity contribution in [3.8, 4) is 0 Å². The summed E-state index contributed by atoms with van der Waals surface area (Å²) in [6.45, 7) is 4.18. The Bertz CT molecular complexity index is 207. The molecule has 4 nitrogen and oxygen atoms in total. The van der Waals surface area contributed by atoms with E-state index in [9.17, 15) is 4.79 Å². The molecule has 2 aliphatic rings. The molecule has 1 unspecified atom stereocenters. The molecule has 0 radical (unpaired) electrons. The number of fused-ring (bicyclic) bond motifs is 1.